The van der Waals surface area contributed by atoms with Gasteiger partial charge in [-0.2, -0.15) is 0 Å². The van der Waals surface area contributed by atoms with Gasteiger partial charge < -0.3 is 15.8 Å². The maximum atomic E-state index is 11.6. The highest BCUT2D eigenvalue weighted by atomic mass is 32.2. The molecule has 0 radical (unpaired) electrons. The summed E-state index contributed by atoms with van der Waals surface area (Å²) >= 11 is 0. The van der Waals surface area contributed by atoms with Crippen molar-refractivity contribution in [1.82, 2.24) is 0 Å². The lowest BCUT2D eigenvalue weighted by atomic mass is 10.2. The molecule has 0 atom stereocenters. The molecule has 0 saturated carbocycles. The fraction of sp³-hybridized carbons (Fsp3) is 0.462. The van der Waals surface area contributed by atoms with Gasteiger partial charge in [-0.3, -0.25) is 0 Å². The molecule has 0 aliphatic carbocycles. The van der Waals surface area contributed by atoms with Crippen molar-refractivity contribution in [1.29, 1.82) is 0 Å². The van der Waals surface area contributed by atoms with E-state index in [9.17, 15) is 8.42 Å². The Labute approximate surface area is 119 Å². The highest BCUT2D eigenvalue weighted by Crippen LogP contribution is 2.13. The average Bonchev–Trinajstić information content (AvgIpc) is 2.47. The zero-order valence-electron chi connectivity index (χ0n) is 11.6. The summed E-state index contributed by atoms with van der Waals surface area (Å²) < 4.78 is 23.2. The van der Waals surface area contributed by atoms with Gasteiger partial charge in [-0.05, 0) is 12.1 Å². The van der Waals surface area contributed by atoms with Crippen molar-refractivity contribution in [2.75, 3.05) is 29.5 Å². The molecule has 1 rings (SSSR count). The molecule has 0 aliphatic rings. The minimum Gasteiger partial charge on any atom is -0.409 e. The number of nitrogens with two attached hydrogens (primary N) is 1. The van der Waals surface area contributed by atoms with E-state index in [1.54, 1.807) is 6.92 Å². The Morgan fingerprint density at radius 1 is 1.30 bits per heavy atom. The number of amidine groups is 1. The smallest absolute Gasteiger partial charge is 0.151 e. The topological polar surface area (TPSA) is 96.0 Å². The van der Waals surface area contributed by atoms with E-state index < -0.39 is 9.84 Å². The van der Waals surface area contributed by atoms with E-state index in [4.69, 9.17) is 10.9 Å². The maximum Gasteiger partial charge on any atom is 0.151 e. The number of para-hydroxylation sites is 1. The Balaban J connectivity index is 2.75. The van der Waals surface area contributed by atoms with Crippen LogP contribution in [0.15, 0.2) is 35.5 Å². The number of oxime groups is 1. The number of sulfone groups is 1. The minimum atomic E-state index is -3.02. The number of anilines is 1. The van der Waals surface area contributed by atoms with Gasteiger partial charge in [0, 0.05) is 31.0 Å². The van der Waals surface area contributed by atoms with E-state index in [1.807, 2.05) is 35.2 Å². The second-order valence-corrected chi connectivity index (χ2v) is 6.87. The molecule has 0 saturated heterocycles. The van der Waals surface area contributed by atoms with Crippen LogP contribution in [0.3, 0.4) is 0 Å². The van der Waals surface area contributed by atoms with Crippen LogP contribution in [-0.2, 0) is 9.84 Å². The monoisotopic (exact) mass is 299 g/mol. The van der Waals surface area contributed by atoms with Crippen LogP contribution in [0.4, 0.5) is 5.69 Å². The van der Waals surface area contributed by atoms with Crippen LogP contribution in [0.1, 0.15) is 13.3 Å². The standard InChI is InChI=1S/C13H21N3O3S/c1-2-20(18,19)11-10-16(9-8-13(14)15-17)12-6-4-3-5-7-12/h3-7,17H,2,8-11H2,1H3,(H2,14,15). The SMILES string of the molecule is CCS(=O)(=O)CCN(CC/C(N)=N/O)c1ccccc1. The summed E-state index contributed by atoms with van der Waals surface area (Å²) in [6, 6.07) is 9.49. The number of rotatable bonds is 8. The van der Waals surface area contributed by atoms with Crippen molar-refractivity contribution in [3.63, 3.8) is 0 Å². The largest absolute Gasteiger partial charge is 0.409 e. The molecule has 3 N–H and O–H groups in total. The highest BCUT2D eigenvalue weighted by Gasteiger charge is 2.13. The number of hydrogen-bond donors (Lipinski definition) is 2. The third kappa shape index (κ3) is 5.48. The quantitative estimate of drug-likeness (QED) is 0.324. The molecule has 1 aromatic rings. The second kappa shape index (κ2) is 7.74. The molecule has 0 aliphatic heterocycles. The molecular weight excluding hydrogens is 278 g/mol. The van der Waals surface area contributed by atoms with Crippen LogP contribution in [-0.4, -0.2) is 44.1 Å². The van der Waals surface area contributed by atoms with Crippen molar-refractivity contribution in [2.45, 2.75) is 13.3 Å². The third-order valence-corrected chi connectivity index (χ3v) is 4.68. The fourth-order valence-electron chi connectivity index (χ4n) is 1.70. The second-order valence-electron chi connectivity index (χ2n) is 4.40. The van der Waals surface area contributed by atoms with E-state index in [1.165, 1.54) is 0 Å². The minimum absolute atomic E-state index is 0.0918. The first-order valence-corrected chi connectivity index (χ1v) is 8.27. The number of benzene rings is 1. The molecule has 0 heterocycles. The van der Waals surface area contributed by atoms with Gasteiger partial charge in [0.2, 0.25) is 0 Å². The maximum absolute atomic E-state index is 11.6. The molecule has 0 bridgehead atoms. The molecule has 0 fully saturated rings. The number of hydrogen-bond acceptors (Lipinski definition) is 5. The lowest BCUT2D eigenvalue weighted by molar-refractivity contribution is 0.317. The Morgan fingerprint density at radius 3 is 2.50 bits per heavy atom. The molecule has 1 aromatic carbocycles. The Kier molecular flexibility index (Phi) is 6.30. The predicted octanol–water partition coefficient (Wildman–Crippen LogP) is 1.06. The van der Waals surface area contributed by atoms with E-state index in [0.717, 1.165) is 5.69 Å². The first-order valence-electron chi connectivity index (χ1n) is 6.45. The molecule has 0 unspecified atom stereocenters. The van der Waals surface area contributed by atoms with Crippen molar-refractivity contribution in [2.24, 2.45) is 10.9 Å². The summed E-state index contributed by atoms with van der Waals surface area (Å²) in [7, 11) is -3.02. The summed E-state index contributed by atoms with van der Waals surface area (Å²) in [6.07, 6.45) is 0.373. The van der Waals surface area contributed by atoms with Gasteiger partial charge in [-0.25, -0.2) is 8.42 Å². The Hall–Kier alpha value is -1.76. The molecule has 20 heavy (non-hydrogen) atoms. The first kappa shape index (κ1) is 16.3. The van der Waals surface area contributed by atoms with E-state index in [-0.39, 0.29) is 17.3 Å². The lowest BCUT2D eigenvalue weighted by Gasteiger charge is -2.24. The highest BCUT2D eigenvalue weighted by molar-refractivity contribution is 7.91. The normalized spacial score (nSPS) is 12.3. The Bertz CT molecular complexity index is 529. The van der Waals surface area contributed by atoms with Gasteiger partial charge in [-0.15, -0.1) is 0 Å². The van der Waals surface area contributed by atoms with Crippen molar-refractivity contribution in [3.05, 3.63) is 30.3 Å². The molecule has 0 spiro atoms. The van der Waals surface area contributed by atoms with Crippen molar-refractivity contribution in [3.8, 4) is 0 Å². The molecular formula is C13H21N3O3S. The summed E-state index contributed by atoms with van der Waals surface area (Å²) in [5.41, 5.74) is 6.38. The van der Waals surface area contributed by atoms with Gasteiger partial charge >= 0.3 is 0 Å². The molecule has 6 nitrogen and oxygen atoms in total. The van der Waals surface area contributed by atoms with Crippen LogP contribution in [0.5, 0.6) is 0 Å². The number of nitrogens with zero attached hydrogens (tertiary/aromatic N) is 2. The van der Waals surface area contributed by atoms with Crippen molar-refractivity contribution >= 4 is 21.4 Å². The van der Waals surface area contributed by atoms with Gasteiger partial charge in [0.15, 0.2) is 9.84 Å². The molecule has 0 aromatic heterocycles. The third-order valence-electron chi connectivity index (χ3n) is 3.00. The Morgan fingerprint density at radius 2 is 1.95 bits per heavy atom. The van der Waals surface area contributed by atoms with Crippen molar-refractivity contribution < 1.29 is 13.6 Å². The molecule has 112 valence electrons. The van der Waals surface area contributed by atoms with Crippen LogP contribution in [0, 0.1) is 0 Å². The van der Waals surface area contributed by atoms with Gasteiger partial charge in [0.05, 0.1) is 5.75 Å². The fourth-order valence-corrected chi connectivity index (χ4v) is 2.49. The predicted molar refractivity (Wildman–Crippen MR) is 81.0 cm³/mol. The summed E-state index contributed by atoms with van der Waals surface area (Å²) in [5, 5.41) is 11.5. The van der Waals surface area contributed by atoms with Gasteiger partial charge in [-0.1, -0.05) is 30.3 Å². The molecule has 7 heteroatoms. The van der Waals surface area contributed by atoms with Crippen LogP contribution in [0.2, 0.25) is 0 Å². The van der Waals surface area contributed by atoms with Crippen LogP contribution >= 0.6 is 0 Å². The van der Waals surface area contributed by atoms with Gasteiger partial charge in [0.25, 0.3) is 0 Å². The summed E-state index contributed by atoms with van der Waals surface area (Å²) in [6.45, 7) is 2.52. The van der Waals surface area contributed by atoms with E-state index >= 15 is 0 Å². The van der Waals surface area contributed by atoms with E-state index in [0.29, 0.717) is 19.5 Å². The zero-order valence-corrected chi connectivity index (χ0v) is 12.4. The first-order chi connectivity index (χ1) is 9.48. The average molecular weight is 299 g/mol. The summed E-state index contributed by atoms with van der Waals surface area (Å²) in [4.78, 5) is 1.92. The zero-order chi connectivity index (χ0) is 15.0. The van der Waals surface area contributed by atoms with Crippen LogP contribution < -0.4 is 10.6 Å². The van der Waals surface area contributed by atoms with Crippen LogP contribution in [0.25, 0.3) is 0 Å². The molecule has 0 amide bonds. The lowest BCUT2D eigenvalue weighted by Crippen LogP contribution is -2.33. The van der Waals surface area contributed by atoms with E-state index in [2.05, 4.69) is 5.16 Å². The summed E-state index contributed by atoms with van der Waals surface area (Å²) in [5.74, 6) is 0.356. The van der Waals surface area contributed by atoms with Gasteiger partial charge in [0.1, 0.15) is 5.84 Å².